The zero-order valence-corrected chi connectivity index (χ0v) is 9.23. The van der Waals surface area contributed by atoms with Crippen molar-refractivity contribution in [3.05, 3.63) is 23.9 Å². The molecule has 1 aliphatic carbocycles. The summed E-state index contributed by atoms with van der Waals surface area (Å²) in [5.41, 5.74) is 0.888. The Kier molecular flexibility index (Phi) is 2.65. The summed E-state index contributed by atoms with van der Waals surface area (Å²) in [5, 5.41) is 9.30. The van der Waals surface area contributed by atoms with Gasteiger partial charge in [-0.05, 0) is 32.8 Å². The summed E-state index contributed by atoms with van der Waals surface area (Å²) >= 11 is 0. The van der Waals surface area contributed by atoms with Gasteiger partial charge in [-0.1, -0.05) is 6.07 Å². The van der Waals surface area contributed by atoms with E-state index in [-0.39, 0.29) is 18.1 Å². The lowest BCUT2D eigenvalue weighted by Gasteiger charge is -2.14. The highest BCUT2D eigenvalue weighted by Gasteiger charge is 2.45. The van der Waals surface area contributed by atoms with Crippen LogP contribution in [0.15, 0.2) is 18.2 Å². The zero-order valence-electron chi connectivity index (χ0n) is 9.23. The van der Waals surface area contributed by atoms with Crippen LogP contribution in [0.1, 0.15) is 32.4 Å². The SMILES string of the molecule is CC(C)Oc1cccc(C2(CO)CC2)n1. The van der Waals surface area contributed by atoms with Crippen molar-refractivity contribution in [3.63, 3.8) is 0 Å². The molecule has 0 saturated heterocycles. The van der Waals surface area contributed by atoms with E-state index in [2.05, 4.69) is 4.98 Å². The molecule has 1 heterocycles. The molecule has 1 aromatic heterocycles. The number of aliphatic hydroxyl groups is 1. The predicted molar refractivity (Wildman–Crippen MR) is 58.0 cm³/mol. The van der Waals surface area contributed by atoms with Crippen LogP contribution in [-0.2, 0) is 5.41 Å². The Balaban J connectivity index is 2.19. The number of hydrogen-bond donors (Lipinski definition) is 1. The van der Waals surface area contributed by atoms with Crippen LogP contribution in [0.3, 0.4) is 0 Å². The lowest BCUT2D eigenvalue weighted by Crippen LogP contribution is -2.15. The second kappa shape index (κ2) is 3.81. The van der Waals surface area contributed by atoms with Crippen LogP contribution >= 0.6 is 0 Å². The molecule has 3 nitrogen and oxygen atoms in total. The summed E-state index contributed by atoms with van der Waals surface area (Å²) in [5.74, 6) is 0.655. The van der Waals surface area contributed by atoms with Crippen molar-refractivity contribution >= 4 is 0 Å². The lowest BCUT2D eigenvalue weighted by atomic mass is 10.0. The molecule has 15 heavy (non-hydrogen) atoms. The van der Waals surface area contributed by atoms with Crippen molar-refractivity contribution in [2.75, 3.05) is 6.61 Å². The molecule has 1 N–H and O–H groups in total. The standard InChI is InChI=1S/C12H17NO2/c1-9(2)15-11-5-3-4-10(13-11)12(8-14)6-7-12/h3-5,9,14H,6-8H2,1-2H3. The second-order valence-electron chi connectivity index (χ2n) is 4.47. The third-order valence-electron chi connectivity index (χ3n) is 2.78. The molecular formula is C12H17NO2. The molecule has 82 valence electrons. The van der Waals surface area contributed by atoms with Crippen molar-refractivity contribution in [2.24, 2.45) is 0 Å². The molecule has 0 spiro atoms. The van der Waals surface area contributed by atoms with E-state index in [1.807, 2.05) is 32.0 Å². The molecule has 0 radical (unpaired) electrons. The lowest BCUT2D eigenvalue weighted by molar-refractivity contribution is 0.227. The van der Waals surface area contributed by atoms with Gasteiger partial charge in [0.05, 0.1) is 18.4 Å². The fourth-order valence-corrected chi connectivity index (χ4v) is 1.66. The van der Waals surface area contributed by atoms with Crippen LogP contribution in [0.2, 0.25) is 0 Å². The molecule has 3 heteroatoms. The largest absolute Gasteiger partial charge is 0.475 e. The maximum absolute atomic E-state index is 9.30. The van der Waals surface area contributed by atoms with E-state index in [1.165, 1.54) is 0 Å². The minimum Gasteiger partial charge on any atom is -0.475 e. The fourth-order valence-electron chi connectivity index (χ4n) is 1.66. The van der Waals surface area contributed by atoms with E-state index in [4.69, 9.17) is 4.74 Å². The third kappa shape index (κ3) is 2.12. The molecule has 0 aromatic carbocycles. The number of pyridine rings is 1. The number of aliphatic hydroxyl groups excluding tert-OH is 1. The molecule has 0 atom stereocenters. The number of rotatable bonds is 4. The quantitative estimate of drug-likeness (QED) is 0.819. The molecule has 1 fully saturated rings. The Morgan fingerprint density at radius 1 is 1.47 bits per heavy atom. The number of ether oxygens (including phenoxy) is 1. The molecule has 0 bridgehead atoms. The van der Waals surface area contributed by atoms with Crippen molar-refractivity contribution in [2.45, 2.75) is 38.2 Å². The maximum atomic E-state index is 9.30. The Morgan fingerprint density at radius 2 is 2.20 bits per heavy atom. The van der Waals surface area contributed by atoms with E-state index in [9.17, 15) is 5.11 Å². The summed E-state index contributed by atoms with van der Waals surface area (Å²) in [6.45, 7) is 4.14. The summed E-state index contributed by atoms with van der Waals surface area (Å²) in [7, 11) is 0. The first-order valence-corrected chi connectivity index (χ1v) is 5.41. The van der Waals surface area contributed by atoms with E-state index in [1.54, 1.807) is 0 Å². The van der Waals surface area contributed by atoms with E-state index < -0.39 is 0 Å². The van der Waals surface area contributed by atoms with Gasteiger partial charge >= 0.3 is 0 Å². The van der Waals surface area contributed by atoms with Gasteiger partial charge in [-0.3, -0.25) is 0 Å². The van der Waals surface area contributed by atoms with Gasteiger partial charge < -0.3 is 9.84 Å². The third-order valence-corrected chi connectivity index (χ3v) is 2.78. The van der Waals surface area contributed by atoms with Crippen LogP contribution in [0.4, 0.5) is 0 Å². The highest BCUT2D eigenvalue weighted by molar-refractivity contribution is 5.28. The Labute approximate surface area is 90.1 Å². The number of aromatic nitrogens is 1. The smallest absolute Gasteiger partial charge is 0.213 e. The Morgan fingerprint density at radius 3 is 2.73 bits per heavy atom. The highest BCUT2D eigenvalue weighted by Crippen LogP contribution is 2.47. The molecule has 1 saturated carbocycles. The zero-order chi connectivity index (χ0) is 10.9. The van der Waals surface area contributed by atoms with Gasteiger partial charge in [0.2, 0.25) is 5.88 Å². The second-order valence-corrected chi connectivity index (χ2v) is 4.47. The minimum absolute atomic E-state index is 0.0731. The Hall–Kier alpha value is -1.09. The first-order chi connectivity index (χ1) is 7.16. The first kappa shape index (κ1) is 10.4. The van der Waals surface area contributed by atoms with Crippen molar-refractivity contribution in [1.82, 2.24) is 4.98 Å². The van der Waals surface area contributed by atoms with Gasteiger partial charge in [-0.25, -0.2) is 4.98 Å². The molecular weight excluding hydrogens is 190 g/mol. The molecule has 0 aliphatic heterocycles. The van der Waals surface area contributed by atoms with Crippen molar-refractivity contribution in [1.29, 1.82) is 0 Å². The fraction of sp³-hybridized carbons (Fsp3) is 0.583. The Bertz CT molecular complexity index is 345. The van der Waals surface area contributed by atoms with Gasteiger partial charge in [0.15, 0.2) is 0 Å². The van der Waals surface area contributed by atoms with Crippen LogP contribution in [0.25, 0.3) is 0 Å². The highest BCUT2D eigenvalue weighted by atomic mass is 16.5. The van der Waals surface area contributed by atoms with Crippen LogP contribution in [0.5, 0.6) is 5.88 Å². The summed E-state index contributed by atoms with van der Waals surface area (Å²) < 4.78 is 5.53. The van der Waals surface area contributed by atoms with Crippen molar-refractivity contribution in [3.8, 4) is 5.88 Å². The van der Waals surface area contributed by atoms with Crippen molar-refractivity contribution < 1.29 is 9.84 Å². The van der Waals surface area contributed by atoms with Crippen LogP contribution in [-0.4, -0.2) is 22.8 Å². The summed E-state index contributed by atoms with van der Waals surface area (Å²) in [6.07, 6.45) is 2.19. The van der Waals surface area contributed by atoms with E-state index >= 15 is 0 Å². The minimum atomic E-state index is -0.0731. The van der Waals surface area contributed by atoms with E-state index in [0.29, 0.717) is 5.88 Å². The average molecular weight is 207 g/mol. The maximum Gasteiger partial charge on any atom is 0.213 e. The normalized spacial score (nSPS) is 17.9. The summed E-state index contributed by atoms with van der Waals surface area (Å²) in [4.78, 5) is 4.44. The van der Waals surface area contributed by atoms with Gasteiger partial charge in [0, 0.05) is 11.5 Å². The van der Waals surface area contributed by atoms with Crippen LogP contribution < -0.4 is 4.74 Å². The predicted octanol–water partition coefficient (Wildman–Crippen LogP) is 1.89. The number of hydrogen-bond acceptors (Lipinski definition) is 3. The van der Waals surface area contributed by atoms with Gasteiger partial charge in [0.25, 0.3) is 0 Å². The number of nitrogens with zero attached hydrogens (tertiary/aromatic N) is 1. The average Bonchev–Trinajstić information content (AvgIpc) is 2.97. The van der Waals surface area contributed by atoms with E-state index in [0.717, 1.165) is 18.5 Å². The monoisotopic (exact) mass is 207 g/mol. The van der Waals surface area contributed by atoms with Gasteiger partial charge in [-0.15, -0.1) is 0 Å². The molecule has 1 aromatic rings. The first-order valence-electron chi connectivity index (χ1n) is 5.41. The summed E-state index contributed by atoms with van der Waals surface area (Å²) in [6, 6.07) is 5.77. The molecule has 2 rings (SSSR count). The molecule has 0 unspecified atom stereocenters. The molecule has 0 amide bonds. The van der Waals surface area contributed by atoms with Gasteiger partial charge in [0.1, 0.15) is 0 Å². The molecule has 1 aliphatic rings. The van der Waals surface area contributed by atoms with Gasteiger partial charge in [-0.2, -0.15) is 0 Å². The topological polar surface area (TPSA) is 42.4 Å². The van der Waals surface area contributed by atoms with Crippen LogP contribution in [0, 0.1) is 0 Å².